The zero-order valence-electron chi connectivity index (χ0n) is 15.3. The van der Waals surface area contributed by atoms with Gasteiger partial charge in [0, 0.05) is 17.5 Å². The van der Waals surface area contributed by atoms with E-state index in [-0.39, 0.29) is 12.5 Å². The SMILES string of the molecule is CCC1(CC)NC(=O)N(CC(=O)Nc2ncc(Cc3ccccc3)s2)C1=O. The van der Waals surface area contributed by atoms with Crippen molar-refractivity contribution in [2.24, 2.45) is 0 Å². The first-order valence-electron chi connectivity index (χ1n) is 8.90. The van der Waals surface area contributed by atoms with E-state index in [2.05, 4.69) is 15.6 Å². The minimum absolute atomic E-state index is 0.319. The second-order valence-corrected chi connectivity index (χ2v) is 7.57. The first-order valence-corrected chi connectivity index (χ1v) is 9.71. The van der Waals surface area contributed by atoms with Crippen LogP contribution < -0.4 is 10.6 Å². The predicted molar refractivity (Wildman–Crippen MR) is 104 cm³/mol. The average molecular weight is 386 g/mol. The Bertz CT molecular complexity index is 846. The van der Waals surface area contributed by atoms with Gasteiger partial charge in [-0.05, 0) is 18.4 Å². The van der Waals surface area contributed by atoms with E-state index < -0.39 is 17.5 Å². The first kappa shape index (κ1) is 19.0. The Kier molecular flexibility index (Phi) is 5.55. The maximum Gasteiger partial charge on any atom is 0.325 e. The molecular weight excluding hydrogens is 364 g/mol. The minimum atomic E-state index is -0.901. The number of hydrogen-bond acceptors (Lipinski definition) is 5. The topological polar surface area (TPSA) is 91.4 Å². The maximum absolute atomic E-state index is 12.5. The number of anilines is 1. The van der Waals surface area contributed by atoms with Crippen molar-refractivity contribution < 1.29 is 14.4 Å². The number of benzene rings is 1. The average Bonchev–Trinajstić information content (AvgIpc) is 3.20. The molecular formula is C19H22N4O3S. The summed E-state index contributed by atoms with van der Waals surface area (Å²) in [5.74, 6) is -0.793. The van der Waals surface area contributed by atoms with Crippen LogP contribution in [0.4, 0.5) is 9.93 Å². The van der Waals surface area contributed by atoms with Gasteiger partial charge in [0.25, 0.3) is 5.91 Å². The number of nitrogens with zero attached hydrogens (tertiary/aromatic N) is 2. The molecule has 27 heavy (non-hydrogen) atoms. The van der Waals surface area contributed by atoms with Crippen LogP contribution in [0.2, 0.25) is 0 Å². The highest BCUT2D eigenvalue weighted by Crippen LogP contribution is 2.25. The van der Waals surface area contributed by atoms with Gasteiger partial charge >= 0.3 is 6.03 Å². The van der Waals surface area contributed by atoms with Gasteiger partial charge in [-0.2, -0.15) is 0 Å². The van der Waals surface area contributed by atoms with Crippen molar-refractivity contribution >= 4 is 34.3 Å². The molecule has 0 unspecified atom stereocenters. The van der Waals surface area contributed by atoms with Crippen LogP contribution in [0.3, 0.4) is 0 Å². The number of urea groups is 1. The van der Waals surface area contributed by atoms with Crippen LogP contribution in [0.1, 0.15) is 37.1 Å². The van der Waals surface area contributed by atoms with Crippen LogP contribution in [-0.4, -0.2) is 39.8 Å². The molecule has 1 aromatic carbocycles. The summed E-state index contributed by atoms with van der Waals surface area (Å²) in [5, 5.41) is 5.84. The van der Waals surface area contributed by atoms with Gasteiger partial charge in [-0.15, -0.1) is 11.3 Å². The fourth-order valence-electron chi connectivity index (χ4n) is 3.10. The van der Waals surface area contributed by atoms with Crippen molar-refractivity contribution in [3.05, 3.63) is 47.0 Å². The van der Waals surface area contributed by atoms with Crippen molar-refractivity contribution in [1.29, 1.82) is 0 Å². The van der Waals surface area contributed by atoms with E-state index in [1.807, 2.05) is 44.2 Å². The lowest BCUT2D eigenvalue weighted by Gasteiger charge is -2.22. The van der Waals surface area contributed by atoms with Crippen LogP contribution in [0, 0.1) is 0 Å². The van der Waals surface area contributed by atoms with Crippen molar-refractivity contribution in [3.63, 3.8) is 0 Å². The summed E-state index contributed by atoms with van der Waals surface area (Å²) in [6, 6.07) is 9.45. The van der Waals surface area contributed by atoms with Gasteiger partial charge in [0.1, 0.15) is 12.1 Å². The Morgan fingerprint density at radius 2 is 1.93 bits per heavy atom. The molecule has 0 aliphatic carbocycles. The van der Waals surface area contributed by atoms with Crippen LogP contribution in [0.5, 0.6) is 0 Å². The minimum Gasteiger partial charge on any atom is -0.323 e. The number of hydrogen-bond donors (Lipinski definition) is 2. The monoisotopic (exact) mass is 386 g/mol. The van der Waals surface area contributed by atoms with E-state index in [1.54, 1.807) is 6.20 Å². The Labute approximate surface area is 161 Å². The molecule has 4 amide bonds. The smallest absolute Gasteiger partial charge is 0.323 e. The Morgan fingerprint density at radius 1 is 1.22 bits per heavy atom. The highest BCUT2D eigenvalue weighted by molar-refractivity contribution is 7.15. The lowest BCUT2D eigenvalue weighted by atomic mass is 9.93. The van der Waals surface area contributed by atoms with Gasteiger partial charge in [0.05, 0.1) is 0 Å². The Balaban J connectivity index is 1.60. The third-order valence-electron chi connectivity index (χ3n) is 4.78. The molecule has 8 heteroatoms. The number of aromatic nitrogens is 1. The molecule has 1 saturated heterocycles. The third kappa shape index (κ3) is 4.00. The quantitative estimate of drug-likeness (QED) is 0.716. The molecule has 142 valence electrons. The van der Waals surface area contributed by atoms with Crippen molar-refractivity contribution in [2.45, 2.75) is 38.6 Å². The zero-order chi connectivity index (χ0) is 19.4. The van der Waals surface area contributed by atoms with E-state index in [4.69, 9.17) is 0 Å². The molecule has 0 radical (unpaired) electrons. The van der Waals surface area contributed by atoms with Gasteiger partial charge in [-0.25, -0.2) is 9.78 Å². The third-order valence-corrected chi connectivity index (χ3v) is 5.69. The van der Waals surface area contributed by atoms with E-state index in [1.165, 1.54) is 11.3 Å². The number of amides is 4. The molecule has 1 fully saturated rings. The van der Waals surface area contributed by atoms with Crippen LogP contribution >= 0.6 is 11.3 Å². The second kappa shape index (κ2) is 7.87. The fraction of sp³-hybridized carbons (Fsp3) is 0.368. The van der Waals surface area contributed by atoms with Gasteiger partial charge in [-0.1, -0.05) is 44.2 Å². The number of carbonyl (C=O) groups excluding carboxylic acids is 3. The first-order chi connectivity index (χ1) is 13.0. The second-order valence-electron chi connectivity index (χ2n) is 6.45. The van der Waals surface area contributed by atoms with Gasteiger partial charge in [-0.3, -0.25) is 14.5 Å². The molecule has 1 aliphatic rings. The highest BCUT2D eigenvalue weighted by Gasteiger charge is 2.49. The Hall–Kier alpha value is -2.74. The molecule has 2 aromatic rings. The molecule has 2 heterocycles. The van der Waals surface area contributed by atoms with Gasteiger partial charge < -0.3 is 10.6 Å². The van der Waals surface area contributed by atoms with Crippen molar-refractivity contribution in [1.82, 2.24) is 15.2 Å². The molecule has 1 aliphatic heterocycles. The molecule has 1 aromatic heterocycles. The lowest BCUT2D eigenvalue weighted by molar-refractivity contribution is -0.134. The van der Waals surface area contributed by atoms with Gasteiger partial charge in [0.15, 0.2) is 5.13 Å². The van der Waals surface area contributed by atoms with Crippen LogP contribution in [0.15, 0.2) is 36.5 Å². The number of rotatable bonds is 7. The Morgan fingerprint density at radius 3 is 2.56 bits per heavy atom. The lowest BCUT2D eigenvalue weighted by Crippen LogP contribution is -2.46. The zero-order valence-corrected chi connectivity index (χ0v) is 16.1. The molecule has 3 rings (SSSR count). The standard InChI is InChI=1S/C19H22N4O3S/c1-3-19(4-2)16(25)23(18(26)22-19)12-15(24)21-17-20-11-14(27-17)10-13-8-6-5-7-9-13/h5-9,11H,3-4,10,12H2,1-2H3,(H,22,26)(H,20,21,24). The number of thiazole rings is 1. The molecule has 0 atom stereocenters. The van der Waals surface area contributed by atoms with Crippen molar-refractivity contribution in [2.75, 3.05) is 11.9 Å². The van der Waals surface area contributed by atoms with E-state index in [9.17, 15) is 14.4 Å². The summed E-state index contributed by atoms with van der Waals surface area (Å²) in [6.07, 6.45) is 3.43. The summed E-state index contributed by atoms with van der Waals surface area (Å²) < 4.78 is 0. The highest BCUT2D eigenvalue weighted by atomic mass is 32.1. The molecule has 2 N–H and O–H groups in total. The predicted octanol–water partition coefficient (Wildman–Crippen LogP) is 2.78. The maximum atomic E-state index is 12.5. The summed E-state index contributed by atoms with van der Waals surface area (Å²) >= 11 is 1.38. The molecule has 0 saturated carbocycles. The summed E-state index contributed by atoms with van der Waals surface area (Å²) in [7, 11) is 0. The van der Waals surface area contributed by atoms with E-state index in [0.717, 1.165) is 21.8 Å². The largest absolute Gasteiger partial charge is 0.325 e. The van der Waals surface area contributed by atoms with Crippen LogP contribution in [-0.2, 0) is 16.0 Å². The molecule has 7 nitrogen and oxygen atoms in total. The number of imide groups is 1. The number of carbonyl (C=O) groups is 3. The summed E-state index contributed by atoms with van der Waals surface area (Å²) in [5.41, 5.74) is 0.260. The van der Waals surface area contributed by atoms with E-state index >= 15 is 0 Å². The van der Waals surface area contributed by atoms with E-state index in [0.29, 0.717) is 18.0 Å². The van der Waals surface area contributed by atoms with Crippen LogP contribution in [0.25, 0.3) is 0 Å². The number of nitrogens with one attached hydrogen (secondary N) is 2. The summed E-state index contributed by atoms with van der Waals surface area (Å²) in [4.78, 5) is 43.2. The normalized spacial score (nSPS) is 15.7. The van der Waals surface area contributed by atoms with Crippen molar-refractivity contribution in [3.8, 4) is 0 Å². The van der Waals surface area contributed by atoms with Gasteiger partial charge in [0.2, 0.25) is 5.91 Å². The molecule has 0 bridgehead atoms. The molecule has 0 spiro atoms. The fourth-order valence-corrected chi connectivity index (χ4v) is 3.96. The summed E-state index contributed by atoms with van der Waals surface area (Å²) in [6.45, 7) is 3.37.